The fraction of sp³-hybridized carbons (Fsp3) is 0.111. The van der Waals surface area contributed by atoms with E-state index in [1.165, 1.54) is 23.6 Å². The summed E-state index contributed by atoms with van der Waals surface area (Å²) in [4.78, 5) is 28.8. The molecule has 0 aliphatic carbocycles. The second kappa shape index (κ2) is 8.28. The lowest BCUT2D eigenvalue weighted by molar-refractivity contribution is 0.0997. The molecule has 8 nitrogen and oxygen atoms in total. The molecule has 138 valence electrons. The second-order valence-corrected chi connectivity index (χ2v) is 6.22. The van der Waals surface area contributed by atoms with Crippen molar-refractivity contribution in [2.24, 2.45) is 0 Å². The van der Waals surface area contributed by atoms with Crippen LogP contribution in [0.25, 0.3) is 0 Å². The van der Waals surface area contributed by atoms with Crippen LogP contribution in [-0.4, -0.2) is 28.9 Å². The maximum absolute atomic E-state index is 12.4. The number of rotatable bonds is 7. The van der Waals surface area contributed by atoms with E-state index in [1.807, 2.05) is 0 Å². The predicted octanol–water partition coefficient (Wildman–Crippen LogP) is 3.51. The number of aromatic nitrogens is 2. The van der Waals surface area contributed by atoms with E-state index < -0.39 is 11.7 Å². The maximum atomic E-state index is 12.4. The summed E-state index contributed by atoms with van der Waals surface area (Å²) in [7, 11) is 1.59. The van der Waals surface area contributed by atoms with Gasteiger partial charge in [0.05, 0.1) is 7.11 Å². The number of allylic oxidation sites excluding steroid dienone is 1. The first-order valence-corrected chi connectivity index (χ1v) is 8.75. The van der Waals surface area contributed by atoms with Crippen LogP contribution in [0.2, 0.25) is 0 Å². The maximum Gasteiger partial charge on any atom is 0.263 e. The molecule has 3 rings (SSSR count). The number of aryl methyl sites for hydroxylation is 1. The number of amides is 1. The molecule has 0 fully saturated rings. The van der Waals surface area contributed by atoms with Crippen LogP contribution < -0.4 is 15.4 Å². The third-order valence-electron chi connectivity index (χ3n) is 3.55. The van der Waals surface area contributed by atoms with Crippen molar-refractivity contribution in [3.8, 4) is 5.75 Å². The van der Waals surface area contributed by atoms with Crippen LogP contribution in [0.3, 0.4) is 0 Å². The van der Waals surface area contributed by atoms with Crippen LogP contribution >= 0.6 is 11.3 Å². The van der Waals surface area contributed by atoms with E-state index in [4.69, 9.17) is 9.26 Å². The molecule has 2 heterocycles. The molecule has 0 unspecified atom stereocenters. The molecule has 0 radical (unpaired) electrons. The number of hydrogen-bond donors (Lipinski definition) is 2. The number of anilines is 2. The number of thiazole rings is 1. The van der Waals surface area contributed by atoms with Crippen molar-refractivity contribution in [2.75, 3.05) is 17.7 Å². The van der Waals surface area contributed by atoms with Crippen LogP contribution in [-0.2, 0) is 0 Å². The van der Waals surface area contributed by atoms with Gasteiger partial charge in [-0.1, -0.05) is 5.16 Å². The molecule has 3 aromatic rings. The van der Waals surface area contributed by atoms with Gasteiger partial charge in [-0.3, -0.25) is 14.9 Å². The Bertz CT molecular complexity index is 962. The first-order valence-electron chi connectivity index (χ1n) is 7.87. The molecule has 0 atom stereocenters. The summed E-state index contributed by atoms with van der Waals surface area (Å²) >= 11 is 1.27. The Morgan fingerprint density at radius 3 is 2.70 bits per heavy atom. The van der Waals surface area contributed by atoms with E-state index in [-0.39, 0.29) is 17.0 Å². The molecule has 27 heavy (non-hydrogen) atoms. The average Bonchev–Trinajstić information content (AvgIpc) is 3.31. The zero-order chi connectivity index (χ0) is 19.2. The molecule has 2 N–H and O–H groups in total. The summed E-state index contributed by atoms with van der Waals surface area (Å²) in [6, 6.07) is 7.20. The van der Waals surface area contributed by atoms with Crippen molar-refractivity contribution in [3.05, 3.63) is 65.1 Å². The van der Waals surface area contributed by atoms with E-state index in [0.29, 0.717) is 5.13 Å². The predicted molar refractivity (Wildman–Crippen MR) is 101 cm³/mol. The molecule has 2 aromatic heterocycles. The topological polar surface area (TPSA) is 106 Å². The monoisotopic (exact) mass is 384 g/mol. The molecule has 0 saturated heterocycles. The zero-order valence-corrected chi connectivity index (χ0v) is 15.4. The van der Waals surface area contributed by atoms with Crippen LogP contribution in [0.4, 0.5) is 10.8 Å². The zero-order valence-electron chi connectivity index (χ0n) is 14.6. The molecule has 1 aromatic carbocycles. The molecule has 0 aliphatic rings. The second-order valence-electron chi connectivity index (χ2n) is 5.32. The fourth-order valence-corrected chi connectivity index (χ4v) is 2.76. The number of benzene rings is 1. The lowest BCUT2D eigenvalue weighted by Crippen LogP contribution is -2.16. The summed E-state index contributed by atoms with van der Waals surface area (Å²) < 4.78 is 10.1. The number of methoxy groups -OCH3 is 1. The van der Waals surface area contributed by atoms with Crippen LogP contribution in [0.1, 0.15) is 26.6 Å². The first-order chi connectivity index (χ1) is 13.1. The summed E-state index contributed by atoms with van der Waals surface area (Å²) in [5.74, 6) is 0.0270. The lowest BCUT2D eigenvalue weighted by atomic mass is 10.1. The number of nitrogens with one attached hydrogen (secondary N) is 2. The van der Waals surface area contributed by atoms with Gasteiger partial charge in [0.25, 0.3) is 5.91 Å². The van der Waals surface area contributed by atoms with Gasteiger partial charge in [-0.05, 0) is 31.2 Å². The summed E-state index contributed by atoms with van der Waals surface area (Å²) in [5, 5.41) is 11.5. The van der Waals surface area contributed by atoms with Crippen molar-refractivity contribution in [2.45, 2.75) is 6.92 Å². The van der Waals surface area contributed by atoms with Gasteiger partial charge in [-0.15, -0.1) is 11.3 Å². The SMILES string of the molecule is COc1ccc(N/C=C/C(=O)c2noc(C)c2C(=O)Nc2nccs2)cc1. The number of carbonyl (C=O) groups excluding carboxylic acids is 2. The third-order valence-corrected chi connectivity index (χ3v) is 4.24. The molecule has 9 heteroatoms. The highest BCUT2D eigenvalue weighted by atomic mass is 32.1. The molecule has 0 aliphatic heterocycles. The van der Waals surface area contributed by atoms with Crippen LogP contribution in [0.15, 0.2) is 52.6 Å². The molecule has 0 spiro atoms. The van der Waals surface area contributed by atoms with Crippen molar-refractivity contribution in [1.82, 2.24) is 10.1 Å². The fourth-order valence-electron chi connectivity index (χ4n) is 2.23. The van der Waals surface area contributed by atoms with Gasteiger partial charge < -0.3 is 14.6 Å². The van der Waals surface area contributed by atoms with Gasteiger partial charge >= 0.3 is 0 Å². The molecular weight excluding hydrogens is 368 g/mol. The molecule has 0 saturated carbocycles. The number of hydrogen-bond acceptors (Lipinski definition) is 8. The van der Waals surface area contributed by atoms with E-state index >= 15 is 0 Å². The summed E-state index contributed by atoms with van der Waals surface area (Å²) in [6.45, 7) is 1.57. The van der Waals surface area contributed by atoms with E-state index in [0.717, 1.165) is 11.4 Å². The van der Waals surface area contributed by atoms with Crippen molar-refractivity contribution >= 4 is 33.8 Å². The Kier molecular flexibility index (Phi) is 5.62. The van der Waals surface area contributed by atoms with E-state index in [2.05, 4.69) is 20.8 Å². The van der Waals surface area contributed by atoms with Gasteiger partial charge in [0.15, 0.2) is 10.8 Å². The quantitative estimate of drug-likeness (QED) is 0.474. The Balaban J connectivity index is 1.70. The first kappa shape index (κ1) is 18.3. The van der Waals surface area contributed by atoms with Crippen molar-refractivity contribution in [1.29, 1.82) is 0 Å². The standard InChI is InChI=1S/C18H16N4O4S/c1-11-15(17(24)21-18-20-9-10-27-18)16(22-26-11)14(23)7-8-19-12-3-5-13(25-2)6-4-12/h3-10,19H,1-2H3,(H,20,21,24)/b8-7+. The van der Waals surface area contributed by atoms with Gasteiger partial charge in [-0.2, -0.15) is 0 Å². The molecule has 0 bridgehead atoms. The Hall–Kier alpha value is -3.46. The Morgan fingerprint density at radius 1 is 1.26 bits per heavy atom. The third kappa shape index (κ3) is 4.39. The number of ether oxygens (including phenoxy) is 1. The average molecular weight is 384 g/mol. The molecule has 1 amide bonds. The number of carbonyl (C=O) groups is 2. The number of ketones is 1. The lowest BCUT2D eigenvalue weighted by Gasteiger charge is -2.03. The smallest absolute Gasteiger partial charge is 0.263 e. The van der Waals surface area contributed by atoms with Gasteiger partial charge in [-0.25, -0.2) is 4.98 Å². The Labute approximate surface area is 158 Å². The van der Waals surface area contributed by atoms with Gasteiger partial charge in [0, 0.05) is 29.5 Å². The minimum atomic E-state index is -0.497. The van der Waals surface area contributed by atoms with Gasteiger partial charge in [0.2, 0.25) is 5.78 Å². The summed E-state index contributed by atoms with van der Waals surface area (Å²) in [5.41, 5.74) is 0.802. The minimum Gasteiger partial charge on any atom is -0.497 e. The molecular formula is C18H16N4O4S. The van der Waals surface area contributed by atoms with Crippen molar-refractivity contribution in [3.63, 3.8) is 0 Å². The normalized spacial score (nSPS) is 10.7. The number of nitrogens with zero attached hydrogens (tertiary/aromatic N) is 2. The highest BCUT2D eigenvalue weighted by Crippen LogP contribution is 2.19. The largest absolute Gasteiger partial charge is 0.497 e. The Morgan fingerprint density at radius 2 is 2.04 bits per heavy atom. The highest BCUT2D eigenvalue weighted by Gasteiger charge is 2.24. The van der Waals surface area contributed by atoms with Crippen LogP contribution in [0.5, 0.6) is 5.75 Å². The van der Waals surface area contributed by atoms with E-state index in [1.54, 1.807) is 49.9 Å². The van der Waals surface area contributed by atoms with Crippen LogP contribution in [0, 0.1) is 6.92 Å². The van der Waals surface area contributed by atoms with Crippen molar-refractivity contribution < 1.29 is 18.8 Å². The van der Waals surface area contributed by atoms with Gasteiger partial charge in [0.1, 0.15) is 17.1 Å². The summed E-state index contributed by atoms with van der Waals surface area (Å²) in [6.07, 6.45) is 4.32. The minimum absolute atomic E-state index is 0.0608. The van der Waals surface area contributed by atoms with E-state index in [9.17, 15) is 9.59 Å². The highest BCUT2D eigenvalue weighted by molar-refractivity contribution is 7.13.